The van der Waals surface area contributed by atoms with Gasteiger partial charge in [-0.25, -0.2) is 0 Å². The average Bonchev–Trinajstić information content (AvgIpc) is 2.77. The molecular weight excluding hydrogens is 338 g/mol. The van der Waals surface area contributed by atoms with Crippen LogP contribution < -0.4 is 0 Å². The highest BCUT2D eigenvalue weighted by atomic mass is 32.2. The molecule has 24 heavy (non-hydrogen) atoms. The summed E-state index contributed by atoms with van der Waals surface area (Å²) in [5.41, 5.74) is 0.708. The smallest absolute Gasteiger partial charge is 0.267 e. The molecule has 0 saturated carbocycles. The first-order valence-corrected chi connectivity index (χ1v) is 10.0. The Morgan fingerprint density at radius 2 is 1.83 bits per heavy atom. The second kappa shape index (κ2) is 7.44. The minimum atomic E-state index is -0.456. The molecule has 3 atom stereocenters. The van der Waals surface area contributed by atoms with Gasteiger partial charge in [-0.15, -0.1) is 0 Å². The molecule has 1 saturated heterocycles. The maximum Gasteiger partial charge on any atom is 0.267 e. The Morgan fingerprint density at radius 3 is 2.33 bits per heavy atom. The fourth-order valence-electron chi connectivity index (χ4n) is 3.71. The summed E-state index contributed by atoms with van der Waals surface area (Å²) in [4.78, 5) is 15.0. The highest BCUT2D eigenvalue weighted by Crippen LogP contribution is 2.39. The van der Waals surface area contributed by atoms with Crippen molar-refractivity contribution in [3.63, 3.8) is 0 Å². The number of nitrogens with zero attached hydrogens (tertiary/aromatic N) is 1. The van der Waals surface area contributed by atoms with Gasteiger partial charge in [-0.1, -0.05) is 51.1 Å². The van der Waals surface area contributed by atoms with E-state index < -0.39 is 5.60 Å². The molecule has 3 nitrogen and oxygen atoms in total. The highest BCUT2D eigenvalue weighted by Gasteiger charge is 2.51. The molecule has 0 spiro atoms. The van der Waals surface area contributed by atoms with Gasteiger partial charge in [-0.3, -0.25) is 9.69 Å². The van der Waals surface area contributed by atoms with Crippen LogP contribution in [0.3, 0.4) is 0 Å². The van der Waals surface area contributed by atoms with Crippen LogP contribution in [0.4, 0.5) is 0 Å². The van der Waals surface area contributed by atoms with Gasteiger partial charge in [0.05, 0.1) is 12.0 Å². The Morgan fingerprint density at radius 1 is 1.25 bits per heavy atom. The second-order valence-corrected chi connectivity index (χ2v) is 8.55. The zero-order valence-electron chi connectivity index (χ0n) is 15.3. The van der Waals surface area contributed by atoms with E-state index in [9.17, 15) is 4.79 Å². The molecule has 5 heteroatoms. The fraction of sp³-hybridized carbons (Fsp3) is 0.579. The van der Waals surface area contributed by atoms with Crippen LogP contribution in [0, 0.1) is 11.8 Å². The molecule has 132 valence electrons. The minimum Gasteiger partial charge on any atom is -0.462 e. The van der Waals surface area contributed by atoms with Crippen LogP contribution in [0.25, 0.3) is 0 Å². The Balaban J connectivity index is 2.30. The first kappa shape index (κ1) is 19.3. The van der Waals surface area contributed by atoms with Crippen molar-refractivity contribution >= 4 is 35.1 Å². The number of carbonyl (C=O) groups is 1. The van der Waals surface area contributed by atoms with Crippen molar-refractivity contribution in [3.05, 3.63) is 35.9 Å². The van der Waals surface area contributed by atoms with Crippen molar-refractivity contribution in [1.29, 1.82) is 0 Å². The first-order valence-electron chi connectivity index (χ1n) is 8.34. The summed E-state index contributed by atoms with van der Waals surface area (Å²) in [6.45, 7) is 10.2. The lowest BCUT2D eigenvalue weighted by Gasteiger charge is -2.34. The van der Waals surface area contributed by atoms with E-state index in [0.29, 0.717) is 5.17 Å². The second-order valence-electron chi connectivity index (χ2n) is 7.22. The van der Waals surface area contributed by atoms with Crippen LogP contribution in [0.1, 0.15) is 45.4 Å². The van der Waals surface area contributed by atoms with Gasteiger partial charge in [0.15, 0.2) is 0 Å². The standard InChI is InChI=1S/C19H27NO2S2/c1-12(2)16-19(4,5)22-18(23)20(16)17(21)13(3)15(24-6)14-10-8-7-9-11-14/h7-13,15-16H,1-6H3/t13-,15+,16+/m1/s1. The van der Waals surface area contributed by atoms with E-state index in [1.165, 1.54) is 0 Å². The number of hydrogen-bond acceptors (Lipinski definition) is 4. The molecule has 0 bridgehead atoms. The SMILES string of the molecule is CS[C@H](c1ccccc1)[C@@H](C)C(=O)N1C(=S)OC(C)(C)[C@@H]1C(C)C. The van der Waals surface area contributed by atoms with Crippen LogP contribution in [0.5, 0.6) is 0 Å². The Labute approximate surface area is 155 Å². The van der Waals surface area contributed by atoms with Gasteiger partial charge in [0.1, 0.15) is 5.60 Å². The number of amides is 1. The summed E-state index contributed by atoms with van der Waals surface area (Å²) >= 11 is 7.09. The van der Waals surface area contributed by atoms with Crippen molar-refractivity contribution in [2.24, 2.45) is 11.8 Å². The molecule has 1 fully saturated rings. The predicted octanol–water partition coefficient (Wildman–Crippen LogP) is 4.67. The molecule has 0 radical (unpaired) electrons. The normalized spacial score (nSPS) is 22.4. The number of rotatable bonds is 5. The summed E-state index contributed by atoms with van der Waals surface area (Å²) in [7, 11) is 0. The molecule has 0 aliphatic carbocycles. The zero-order valence-corrected chi connectivity index (χ0v) is 16.9. The molecule has 1 aromatic carbocycles. The molecule has 1 aliphatic rings. The quantitative estimate of drug-likeness (QED) is 0.709. The predicted molar refractivity (Wildman–Crippen MR) is 105 cm³/mol. The third-order valence-corrected chi connectivity index (χ3v) is 6.10. The van der Waals surface area contributed by atoms with Gasteiger partial charge >= 0.3 is 0 Å². The van der Waals surface area contributed by atoms with Crippen molar-refractivity contribution in [2.45, 2.75) is 51.5 Å². The molecule has 2 rings (SSSR count). The number of ether oxygens (including phenoxy) is 1. The summed E-state index contributed by atoms with van der Waals surface area (Å²) in [6, 6.07) is 10.1. The molecule has 1 heterocycles. The Kier molecular flexibility index (Phi) is 5.97. The molecule has 0 unspecified atom stereocenters. The zero-order chi connectivity index (χ0) is 18.1. The van der Waals surface area contributed by atoms with E-state index in [2.05, 4.69) is 26.0 Å². The van der Waals surface area contributed by atoms with E-state index in [0.717, 1.165) is 5.56 Å². The number of carbonyl (C=O) groups excluding carboxylic acids is 1. The number of benzene rings is 1. The monoisotopic (exact) mass is 365 g/mol. The van der Waals surface area contributed by atoms with E-state index in [1.54, 1.807) is 16.7 Å². The van der Waals surface area contributed by atoms with Gasteiger partial charge in [-0.2, -0.15) is 11.8 Å². The summed E-state index contributed by atoms with van der Waals surface area (Å²) in [5.74, 6) is 0.132. The Hall–Kier alpha value is -1.07. The third kappa shape index (κ3) is 3.62. The fourth-order valence-corrected chi connectivity index (χ4v) is 5.08. The maximum absolute atomic E-state index is 13.3. The first-order chi connectivity index (χ1) is 11.2. The van der Waals surface area contributed by atoms with E-state index in [1.807, 2.05) is 45.2 Å². The van der Waals surface area contributed by atoms with Gasteiger partial charge in [0.2, 0.25) is 5.91 Å². The Bertz CT molecular complexity index is 601. The van der Waals surface area contributed by atoms with Gasteiger partial charge in [0, 0.05) is 5.25 Å². The van der Waals surface area contributed by atoms with Crippen molar-refractivity contribution in [1.82, 2.24) is 4.90 Å². The number of hydrogen-bond donors (Lipinski definition) is 0. The molecule has 0 N–H and O–H groups in total. The number of thiocarbonyl (C=S) groups is 1. The lowest BCUT2D eigenvalue weighted by atomic mass is 9.88. The van der Waals surface area contributed by atoms with Gasteiger partial charge in [0.25, 0.3) is 5.17 Å². The van der Waals surface area contributed by atoms with Crippen LogP contribution >= 0.6 is 24.0 Å². The molecule has 1 aliphatic heterocycles. The number of thioether (sulfide) groups is 1. The lowest BCUT2D eigenvalue weighted by Crippen LogP contribution is -2.50. The minimum absolute atomic E-state index is 0.0433. The van der Waals surface area contributed by atoms with Crippen LogP contribution in [-0.2, 0) is 9.53 Å². The van der Waals surface area contributed by atoms with Crippen LogP contribution in [0.2, 0.25) is 0 Å². The average molecular weight is 366 g/mol. The van der Waals surface area contributed by atoms with Gasteiger partial charge in [-0.05, 0) is 43.8 Å². The lowest BCUT2D eigenvalue weighted by molar-refractivity contribution is -0.133. The van der Waals surface area contributed by atoms with Gasteiger partial charge < -0.3 is 4.74 Å². The largest absolute Gasteiger partial charge is 0.462 e. The van der Waals surface area contributed by atoms with E-state index in [-0.39, 0.29) is 29.0 Å². The molecule has 1 aromatic rings. The molecular formula is C19H27NO2S2. The summed E-state index contributed by atoms with van der Waals surface area (Å²) in [6.07, 6.45) is 2.05. The van der Waals surface area contributed by atoms with E-state index in [4.69, 9.17) is 17.0 Å². The van der Waals surface area contributed by atoms with Crippen LogP contribution in [-0.4, -0.2) is 33.9 Å². The molecule has 1 amide bonds. The summed E-state index contributed by atoms with van der Waals surface area (Å²) in [5, 5.41) is 0.404. The highest BCUT2D eigenvalue weighted by molar-refractivity contribution is 7.98. The van der Waals surface area contributed by atoms with Crippen molar-refractivity contribution in [2.75, 3.05) is 6.26 Å². The molecule has 0 aromatic heterocycles. The van der Waals surface area contributed by atoms with E-state index >= 15 is 0 Å². The topological polar surface area (TPSA) is 29.5 Å². The maximum atomic E-state index is 13.3. The van der Waals surface area contributed by atoms with Crippen LogP contribution in [0.15, 0.2) is 30.3 Å². The third-order valence-electron chi connectivity index (χ3n) is 4.63. The summed E-state index contributed by atoms with van der Waals surface area (Å²) < 4.78 is 5.86. The van der Waals surface area contributed by atoms with Crippen molar-refractivity contribution in [3.8, 4) is 0 Å². The van der Waals surface area contributed by atoms with Crippen molar-refractivity contribution < 1.29 is 9.53 Å².